The Hall–Kier alpha value is -1.24. The summed E-state index contributed by atoms with van der Waals surface area (Å²) in [4.78, 5) is 48.6. The van der Waals surface area contributed by atoms with Crippen molar-refractivity contribution in [1.29, 1.82) is 0 Å². The average molecular weight is 528 g/mol. The van der Waals surface area contributed by atoms with Crippen LogP contribution in [0.2, 0.25) is 0 Å². The van der Waals surface area contributed by atoms with Crippen LogP contribution in [0.25, 0.3) is 0 Å². The summed E-state index contributed by atoms with van der Waals surface area (Å²) in [5, 5.41) is 45.3. The maximum atomic E-state index is 12.7. The summed E-state index contributed by atoms with van der Waals surface area (Å²) >= 11 is 0. The van der Waals surface area contributed by atoms with Gasteiger partial charge in [-0.15, -0.1) is 0 Å². The number of aliphatic carboxylic acids is 1. The van der Waals surface area contributed by atoms with Gasteiger partial charge in [-0.25, -0.2) is 4.79 Å². The van der Waals surface area contributed by atoms with Gasteiger partial charge >= 0.3 is 35.5 Å². The topological polar surface area (TPSA) is 185 Å². The summed E-state index contributed by atoms with van der Waals surface area (Å²) < 4.78 is 0. The second-order valence-corrected chi connectivity index (χ2v) is 9.16. The first-order valence-electron chi connectivity index (χ1n) is 12.6. The van der Waals surface area contributed by atoms with Crippen LogP contribution in [-0.4, -0.2) is 110 Å². The molecule has 0 aliphatic heterocycles. The molecule has 6 atom stereocenters. The van der Waals surface area contributed by atoms with E-state index >= 15 is 0 Å². The van der Waals surface area contributed by atoms with E-state index in [0.29, 0.717) is 6.42 Å². The van der Waals surface area contributed by atoms with Gasteiger partial charge in [0, 0.05) is 6.42 Å². The fourth-order valence-corrected chi connectivity index (χ4v) is 3.53. The predicted octanol–water partition coefficient (Wildman–Crippen LogP) is -0.0598. The Morgan fingerprint density at radius 1 is 0.611 bits per heavy atom. The molecular formula is C24H46N3NaO8. The van der Waals surface area contributed by atoms with Gasteiger partial charge in [0.2, 0.25) is 17.7 Å². The Balaban J connectivity index is 0. The molecule has 0 aromatic carbocycles. The Labute approximate surface area is 236 Å². The molecule has 0 aliphatic rings. The third-order valence-corrected chi connectivity index (χ3v) is 5.70. The van der Waals surface area contributed by atoms with Crippen LogP contribution < -0.4 is 16.0 Å². The zero-order chi connectivity index (χ0) is 27.0. The van der Waals surface area contributed by atoms with Crippen molar-refractivity contribution in [3.63, 3.8) is 0 Å². The Kier molecular flexibility index (Phi) is 21.3. The fraction of sp³-hybridized carbons (Fsp3) is 0.833. The second kappa shape index (κ2) is 20.8. The van der Waals surface area contributed by atoms with Crippen LogP contribution >= 0.6 is 0 Å². The standard InChI is InChI=1S/C24H45N3O8.Na.H/c1-5-6-7-8-9-10-11-12-13-14-18(31)25-19(15(2)28)22(32)26-20(16(3)29)23(33)27-21(17(4)30)24(34)35;;/h15-17,19-21,28-30H,5-14H2,1-4H3,(H,25,31)(H,26,32)(H,27,33)(H,34,35);;. The van der Waals surface area contributed by atoms with Crippen LogP contribution in [0.5, 0.6) is 0 Å². The van der Waals surface area contributed by atoms with Crippen LogP contribution in [0.15, 0.2) is 0 Å². The van der Waals surface area contributed by atoms with E-state index in [9.17, 15) is 34.5 Å². The van der Waals surface area contributed by atoms with Crippen LogP contribution in [0.3, 0.4) is 0 Å². The molecule has 0 radical (unpaired) electrons. The van der Waals surface area contributed by atoms with Gasteiger partial charge in [0.25, 0.3) is 0 Å². The summed E-state index contributed by atoms with van der Waals surface area (Å²) in [6, 6.07) is -4.59. The molecule has 0 aliphatic carbocycles. The molecule has 6 unspecified atom stereocenters. The Morgan fingerprint density at radius 3 is 1.36 bits per heavy atom. The van der Waals surface area contributed by atoms with Gasteiger partial charge in [0.05, 0.1) is 18.3 Å². The Morgan fingerprint density at radius 2 is 0.972 bits per heavy atom. The number of carbonyl (C=O) groups is 4. The molecule has 0 fully saturated rings. The molecule has 36 heavy (non-hydrogen) atoms. The van der Waals surface area contributed by atoms with Gasteiger partial charge in [-0.1, -0.05) is 58.3 Å². The number of carboxylic acids is 1. The predicted molar refractivity (Wildman–Crippen MR) is 137 cm³/mol. The molecule has 0 aromatic heterocycles. The number of carboxylic acid groups (broad SMARTS) is 1. The van der Waals surface area contributed by atoms with Gasteiger partial charge < -0.3 is 36.4 Å². The molecule has 0 rings (SSSR count). The SMILES string of the molecule is CCCCCCCCCCCC(=O)NC(C(=O)NC(C(=O)NC(C(=O)O)C(C)O)C(C)O)C(C)O.[NaH]. The van der Waals surface area contributed by atoms with Crippen molar-refractivity contribution in [3.8, 4) is 0 Å². The van der Waals surface area contributed by atoms with E-state index in [4.69, 9.17) is 5.11 Å². The van der Waals surface area contributed by atoms with Crippen LogP contribution in [0.4, 0.5) is 0 Å². The van der Waals surface area contributed by atoms with Crippen molar-refractivity contribution in [2.45, 2.75) is 128 Å². The average Bonchev–Trinajstić information content (AvgIpc) is 2.77. The number of aliphatic hydroxyl groups is 3. The monoisotopic (exact) mass is 527 g/mol. The molecule has 11 nitrogen and oxygen atoms in total. The van der Waals surface area contributed by atoms with Crippen molar-refractivity contribution >= 4 is 53.2 Å². The van der Waals surface area contributed by atoms with Gasteiger partial charge in [-0.3, -0.25) is 14.4 Å². The maximum absolute atomic E-state index is 12.7. The zero-order valence-electron chi connectivity index (χ0n) is 21.5. The number of carbonyl (C=O) groups excluding carboxylic acids is 3. The van der Waals surface area contributed by atoms with E-state index in [1.807, 2.05) is 0 Å². The van der Waals surface area contributed by atoms with Crippen molar-refractivity contribution in [3.05, 3.63) is 0 Å². The first-order chi connectivity index (χ1) is 16.4. The van der Waals surface area contributed by atoms with E-state index < -0.39 is 60.1 Å². The van der Waals surface area contributed by atoms with Gasteiger partial charge in [0.1, 0.15) is 12.1 Å². The van der Waals surface area contributed by atoms with E-state index in [2.05, 4.69) is 22.9 Å². The number of rotatable bonds is 19. The molecule has 0 aromatic rings. The van der Waals surface area contributed by atoms with Crippen LogP contribution in [0, 0.1) is 0 Å². The number of hydrogen-bond donors (Lipinski definition) is 7. The molecule has 3 amide bonds. The molecule has 0 bridgehead atoms. The van der Waals surface area contributed by atoms with Crippen molar-refractivity contribution in [2.75, 3.05) is 0 Å². The molecule has 0 spiro atoms. The molecule has 0 saturated heterocycles. The summed E-state index contributed by atoms with van der Waals surface area (Å²) in [6.07, 6.45) is 5.83. The minimum atomic E-state index is -1.65. The molecule has 206 valence electrons. The van der Waals surface area contributed by atoms with Crippen LogP contribution in [0.1, 0.15) is 91.9 Å². The Bertz CT molecular complexity index is 661. The number of nitrogens with one attached hydrogen (secondary N) is 3. The van der Waals surface area contributed by atoms with Crippen LogP contribution in [-0.2, 0) is 19.2 Å². The van der Waals surface area contributed by atoms with E-state index in [1.165, 1.54) is 52.9 Å². The summed E-state index contributed by atoms with van der Waals surface area (Å²) in [5.41, 5.74) is 0. The normalized spacial score (nSPS) is 15.9. The van der Waals surface area contributed by atoms with Gasteiger partial charge in [-0.2, -0.15) is 0 Å². The van der Waals surface area contributed by atoms with E-state index in [-0.39, 0.29) is 36.0 Å². The molecule has 0 saturated carbocycles. The number of aliphatic hydroxyl groups excluding tert-OH is 3. The van der Waals surface area contributed by atoms with Crippen molar-refractivity contribution in [1.82, 2.24) is 16.0 Å². The van der Waals surface area contributed by atoms with Gasteiger partial charge in [0.15, 0.2) is 6.04 Å². The number of hydrogen-bond acceptors (Lipinski definition) is 7. The number of unbranched alkanes of at least 4 members (excludes halogenated alkanes) is 8. The third-order valence-electron chi connectivity index (χ3n) is 5.70. The first kappa shape index (κ1) is 36.9. The quantitative estimate of drug-likeness (QED) is 0.0899. The molecular weight excluding hydrogens is 481 g/mol. The molecule has 12 heteroatoms. The summed E-state index contributed by atoms with van der Waals surface area (Å²) in [6.45, 7) is 5.85. The van der Waals surface area contributed by atoms with Gasteiger partial charge in [-0.05, 0) is 27.2 Å². The summed E-state index contributed by atoms with van der Waals surface area (Å²) in [5.74, 6) is -3.86. The van der Waals surface area contributed by atoms with Crippen molar-refractivity contribution in [2.24, 2.45) is 0 Å². The number of amides is 3. The third kappa shape index (κ3) is 15.8. The summed E-state index contributed by atoms with van der Waals surface area (Å²) in [7, 11) is 0. The molecule has 0 heterocycles. The van der Waals surface area contributed by atoms with Crippen molar-refractivity contribution < 1.29 is 39.6 Å². The second-order valence-electron chi connectivity index (χ2n) is 9.16. The fourth-order valence-electron chi connectivity index (χ4n) is 3.53. The van der Waals surface area contributed by atoms with E-state index in [1.54, 1.807) is 0 Å². The zero-order valence-corrected chi connectivity index (χ0v) is 21.5. The minimum absolute atomic E-state index is 0. The molecule has 7 N–H and O–H groups in total. The van der Waals surface area contributed by atoms with E-state index in [0.717, 1.165) is 19.3 Å². The first-order valence-corrected chi connectivity index (χ1v) is 12.6.